The fourth-order valence-electron chi connectivity index (χ4n) is 6.22. The van der Waals surface area contributed by atoms with Gasteiger partial charge in [-0.15, -0.1) is 17.8 Å². The summed E-state index contributed by atoms with van der Waals surface area (Å²) in [6.45, 7) is 2.72. The summed E-state index contributed by atoms with van der Waals surface area (Å²) in [5.74, 6) is 2.21. The Balaban J connectivity index is 1.39. The average Bonchev–Trinajstić information content (AvgIpc) is 3.42. The fourth-order valence-corrected chi connectivity index (χ4v) is 7.42. The number of ketones is 1. The second-order valence-corrected chi connectivity index (χ2v) is 12.0. The Hall–Kier alpha value is -4.69. The third-order valence-electron chi connectivity index (χ3n) is 8.29. The van der Waals surface area contributed by atoms with E-state index in [-0.39, 0.29) is 11.9 Å². The number of nitrogens with one attached hydrogen (secondary N) is 1. The number of terminal acetylenes is 1. The van der Waals surface area contributed by atoms with E-state index in [0.717, 1.165) is 5.56 Å². The van der Waals surface area contributed by atoms with Gasteiger partial charge in [-0.25, -0.2) is 0 Å². The summed E-state index contributed by atoms with van der Waals surface area (Å²) in [5.41, 5.74) is 21.3. The minimum Gasteiger partial charge on any atom is -0.457 e. The topological polar surface area (TPSA) is 154 Å². The van der Waals surface area contributed by atoms with E-state index in [1.807, 2.05) is 43.3 Å². The largest absolute Gasteiger partial charge is 0.457 e. The number of piperidine rings is 1. The number of aryl methyl sites for hydroxylation is 1. The lowest BCUT2D eigenvalue weighted by atomic mass is 9.69. The predicted molar refractivity (Wildman–Crippen MR) is 167 cm³/mol. The zero-order valence-corrected chi connectivity index (χ0v) is 24.4. The number of amides is 2. The van der Waals surface area contributed by atoms with Crippen molar-refractivity contribution < 1.29 is 19.1 Å². The van der Waals surface area contributed by atoms with Crippen LogP contribution in [0.15, 0.2) is 60.7 Å². The summed E-state index contributed by atoms with van der Waals surface area (Å²) in [5, 5.41) is 3.65. The molecule has 1 fully saturated rings. The molecule has 2 amide bonds. The van der Waals surface area contributed by atoms with Crippen LogP contribution in [0.5, 0.6) is 11.5 Å². The molecule has 6 rings (SSSR count). The van der Waals surface area contributed by atoms with Gasteiger partial charge in [0.2, 0.25) is 0 Å². The van der Waals surface area contributed by atoms with Crippen LogP contribution in [-0.2, 0) is 15.1 Å². The molecule has 0 saturated carbocycles. The van der Waals surface area contributed by atoms with Crippen LogP contribution < -0.4 is 27.3 Å². The molecular weight excluding hydrogens is 562 g/mol. The molecule has 1 aromatic heterocycles. The molecule has 0 bridgehead atoms. The summed E-state index contributed by atoms with van der Waals surface area (Å²) in [7, 11) is 0. The molecule has 2 heterocycles. The van der Waals surface area contributed by atoms with Crippen LogP contribution in [0.4, 0.5) is 5.69 Å². The molecule has 218 valence electrons. The molecule has 1 aliphatic carbocycles. The lowest BCUT2D eigenvalue weighted by Crippen LogP contribution is -2.53. The maximum absolute atomic E-state index is 14.2. The number of carbonyl (C=O) groups is 3. The van der Waals surface area contributed by atoms with Gasteiger partial charge in [0.05, 0.1) is 15.6 Å². The molecule has 0 radical (unpaired) electrons. The first kappa shape index (κ1) is 28.4. The van der Waals surface area contributed by atoms with E-state index in [1.165, 1.54) is 11.3 Å². The minimum atomic E-state index is -1.58. The van der Waals surface area contributed by atoms with Gasteiger partial charge in [0.15, 0.2) is 5.78 Å². The second kappa shape index (κ2) is 10.9. The highest BCUT2D eigenvalue weighted by atomic mass is 32.1. The van der Waals surface area contributed by atoms with E-state index < -0.39 is 23.3 Å². The number of likely N-dealkylation sites (tertiary alicyclic amines) is 1. The highest BCUT2D eigenvalue weighted by molar-refractivity contribution is 7.21. The molecule has 2 aliphatic rings. The first-order chi connectivity index (χ1) is 20.6. The lowest BCUT2D eigenvalue weighted by Gasteiger charge is -2.37. The normalized spacial score (nSPS) is 21.3. The molecule has 1 saturated heterocycles. The molecule has 9 nitrogen and oxygen atoms in total. The van der Waals surface area contributed by atoms with Gasteiger partial charge in [-0.05, 0) is 72.7 Å². The number of nitrogens with two attached hydrogens (primary N) is 3. The van der Waals surface area contributed by atoms with Crippen molar-refractivity contribution in [2.45, 2.75) is 37.4 Å². The number of benzene rings is 3. The summed E-state index contributed by atoms with van der Waals surface area (Å²) >= 11 is 1.19. The first-order valence-corrected chi connectivity index (χ1v) is 14.8. The molecule has 1 aliphatic heterocycles. The van der Waals surface area contributed by atoms with Crippen molar-refractivity contribution >= 4 is 44.7 Å². The van der Waals surface area contributed by atoms with Crippen molar-refractivity contribution in [3.8, 4) is 23.8 Å². The fraction of sp³-hybridized carbons (Fsp3) is 0.242. The number of carbonyl (C=O) groups excluding carboxylic acids is 3. The minimum absolute atomic E-state index is 0.295. The third kappa shape index (κ3) is 4.72. The standard InChI is InChI=1S/C33H31N5O4S/c1-3-25(39)38-15-7-8-19(17-38)37-32(41)30-27-26-23(13-14-24(34)29(26)43-30)33(36,31(40)28(27)35)22-12-11-21(16-18(22)2)42-20-9-5-4-6-10-20/h1,4-6,9-14,16,19,28H,7-8,15,17,34-36H2,2H3,(H,37,41). The van der Waals surface area contributed by atoms with E-state index in [2.05, 4.69) is 11.2 Å². The molecule has 7 N–H and O–H groups in total. The number of hydrogen-bond donors (Lipinski definition) is 4. The van der Waals surface area contributed by atoms with E-state index in [4.69, 9.17) is 28.4 Å². The Bertz CT molecular complexity index is 1830. The van der Waals surface area contributed by atoms with Gasteiger partial charge < -0.3 is 32.2 Å². The Morgan fingerprint density at radius 2 is 1.86 bits per heavy atom. The molecule has 43 heavy (non-hydrogen) atoms. The van der Waals surface area contributed by atoms with Gasteiger partial charge >= 0.3 is 0 Å². The monoisotopic (exact) mass is 593 g/mol. The number of anilines is 1. The Morgan fingerprint density at radius 1 is 1.12 bits per heavy atom. The highest BCUT2D eigenvalue weighted by Crippen LogP contribution is 2.50. The van der Waals surface area contributed by atoms with Crippen LogP contribution in [0.2, 0.25) is 0 Å². The SMILES string of the molecule is C#CC(=O)N1CCCC(NC(=O)c2sc3c(N)ccc4c3c2C(N)C(=O)C4(N)c2ccc(Oc3ccccc3)cc2C)C1. The van der Waals surface area contributed by atoms with E-state index >= 15 is 0 Å². The van der Waals surface area contributed by atoms with Gasteiger partial charge in [0.1, 0.15) is 17.0 Å². The number of thiophene rings is 1. The zero-order valence-electron chi connectivity index (χ0n) is 23.6. The number of Topliss-reactive ketones (excluding diaryl/α,β-unsaturated/α-hetero) is 1. The van der Waals surface area contributed by atoms with E-state index in [0.29, 0.717) is 74.8 Å². The first-order valence-electron chi connectivity index (χ1n) is 14.0. The maximum atomic E-state index is 14.2. The smallest absolute Gasteiger partial charge is 0.298 e. The van der Waals surface area contributed by atoms with Crippen LogP contribution in [0.25, 0.3) is 10.1 Å². The molecule has 3 atom stereocenters. The van der Waals surface area contributed by atoms with Gasteiger partial charge in [-0.2, -0.15) is 0 Å². The molecule has 3 unspecified atom stereocenters. The van der Waals surface area contributed by atoms with Crippen LogP contribution in [0.1, 0.15) is 50.8 Å². The van der Waals surface area contributed by atoms with Crippen molar-refractivity contribution in [1.29, 1.82) is 0 Å². The quantitative estimate of drug-likeness (QED) is 0.203. The van der Waals surface area contributed by atoms with E-state index in [1.54, 1.807) is 29.2 Å². The number of nitrogen functional groups attached to an aromatic ring is 1. The summed E-state index contributed by atoms with van der Waals surface area (Å²) < 4.78 is 6.63. The maximum Gasteiger partial charge on any atom is 0.298 e. The number of nitrogens with zero attached hydrogens (tertiary/aromatic N) is 1. The average molecular weight is 594 g/mol. The van der Waals surface area contributed by atoms with Crippen molar-refractivity contribution in [3.05, 3.63) is 87.8 Å². The van der Waals surface area contributed by atoms with Crippen molar-refractivity contribution in [2.24, 2.45) is 11.5 Å². The Kier molecular flexibility index (Phi) is 7.18. The van der Waals surface area contributed by atoms with Crippen LogP contribution in [0.3, 0.4) is 0 Å². The predicted octanol–water partition coefficient (Wildman–Crippen LogP) is 3.72. The van der Waals surface area contributed by atoms with Crippen molar-refractivity contribution in [3.63, 3.8) is 0 Å². The molecule has 10 heteroatoms. The van der Waals surface area contributed by atoms with E-state index in [9.17, 15) is 14.4 Å². The molecule has 0 spiro atoms. The number of para-hydroxylation sites is 1. The third-order valence-corrected chi connectivity index (χ3v) is 9.54. The van der Waals surface area contributed by atoms with Crippen LogP contribution >= 0.6 is 11.3 Å². The summed E-state index contributed by atoms with van der Waals surface area (Å²) in [6, 6.07) is 16.8. The summed E-state index contributed by atoms with van der Waals surface area (Å²) in [4.78, 5) is 41.8. The van der Waals surface area contributed by atoms with Gasteiger partial charge in [0.25, 0.3) is 11.8 Å². The molecule has 4 aromatic rings. The van der Waals surface area contributed by atoms with Crippen LogP contribution in [-0.4, -0.2) is 41.6 Å². The number of ether oxygens (including phenoxy) is 1. The van der Waals surface area contributed by atoms with Crippen molar-refractivity contribution in [2.75, 3.05) is 18.8 Å². The zero-order chi connectivity index (χ0) is 30.5. The lowest BCUT2D eigenvalue weighted by molar-refractivity contribution is -0.126. The second-order valence-electron chi connectivity index (χ2n) is 11.0. The molecule has 3 aromatic carbocycles. The van der Waals surface area contributed by atoms with Crippen LogP contribution in [0, 0.1) is 19.3 Å². The Labute approximate surface area is 253 Å². The van der Waals surface area contributed by atoms with Crippen molar-refractivity contribution in [1.82, 2.24) is 10.2 Å². The number of rotatable bonds is 5. The molecular formula is C33H31N5O4S. The summed E-state index contributed by atoms with van der Waals surface area (Å²) in [6.07, 6.45) is 6.69. The van der Waals surface area contributed by atoms with Gasteiger partial charge in [0, 0.05) is 35.8 Å². The highest BCUT2D eigenvalue weighted by Gasteiger charge is 2.49. The Morgan fingerprint density at radius 3 is 2.58 bits per heavy atom. The van der Waals surface area contributed by atoms with Gasteiger partial charge in [-0.3, -0.25) is 14.4 Å². The van der Waals surface area contributed by atoms with Gasteiger partial charge in [-0.1, -0.05) is 30.3 Å². The number of hydrogen-bond acceptors (Lipinski definition) is 8.